The molecule has 0 radical (unpaired) electrons. The number of aliphatic hydroxyl groups is 1. The molecule has 0 aliphatic rings. The number of aliphatic hydroxyl groups excluding tert-OH is 1. The van der Waals surface area contributed by atoms with Crippen LogP contribution in [0.1, 0.15) is 174 Å². The van der Waals surface area contributed by atoms with Crippen molar-refractivity contribution in [3.05, 3.63) is 85.1 Å². The van der Waals surface area contributed by atoms with E-state index in [-0.39, 0.29) is 25.7 Å². The molecule has 3 unspecified atom stereocenters. The summed E-state index contributed by atoms with van der Waals surface area (Å²) in [5.74, 6) is -0.239. The number of nitrogens with one attached hydrogen (secondary N) is 1. The normalized spacial score (nSPS) is 14.9. The van der Waals surface area contributed by atoms with E-state index in [1.165, 1.54) is 77.0 Å². The lowest BCUT2D eigenvalue weighted by Crippen LogP contribution is -2.45. The molecule has 56 heavy (non-hydrogen) atoms. The second-order valence-electron chi connectivity index (χ2n) is 14.5. The lowest BCUT2D eigenvalue weighted by molar-refractivity contribution is -0.123. The predicted molar refractivity (Wildman–Crippen MR) is 239 cm³/mol. The Hall–Kier alpha value is -2.32. The summed E-state index contributed by atoms with van der Waals surface area (Å²) in [6.07, 6.45) is 56.4. The highest BCUT2D eigenvalue weighted by molar-refractivity contribution is 7.47. The summed E-state index contributed by atoms with van der Waals surface area (Å²) in [7, 11) is -4.36. The Morgan fingerprint density at radius 1 is 0.607 bits per heavy atom. The number of rotatable bonds is 40. The van der Waals surface area contributed by atoms with E-state index < -0.39 is 20.0 Å². The average molecular weight is 803 g/mol. The number of carbonyl (C=O) groups is 1. The molecule has 5 N–H and O–H groups in total. The number of phosphoric acid groups is 1. The van der Waals surface area contributed by atoms with Gasteiger partial charge in [0.2, 0.25) is 5.91 Å². The van der Waals surface area contributed by atoms with Gasteiger partial charge in [-0.3, -0.25) is 13.8 Å². The van der Waals surface area contributed by atoms with Gasteiger partial charge in [-0.15, -0.1) is 0 Å². The molecular formula is C47H83N2O6P. The van der Waals surface area contributed by atoms with Crippen molar-refractivity contribution in [1.29, 1.82) is 0 Å². The molecule has 0 aromatic rings. The van der Waals surface area contributed by atoms with Crippen LogP contribution in [0.4, 0.5) is 0 Å². The number of carbonyl (C=O) groups excluding carboxylic acids is 1. The standard InChI is InChI=1S/C47H83N2O6P/c1-3-5-7-9-11-13-15-17-19-21-23-25-27-29-31-33-35-37-39-41-47(51)49-45(44-55-56(52,53)54-43-42-48)46(50)40-38-36-34-32-30-28-26-24-22-20-18-16-14-12-10-8-6-4-2/h5,7,11,13,17,19,23,25,29-32,38,40,45-46,50H,3-4,6,8-10,12,14-16,18,20-22,24,26-28,33-37,39,41-44,48H2,1-2H3,(H,49,51)(H,52,53)/b7-5-,13-11-,19-17-,25-23-,31-29-,32-30+,40-38+. The Balaban J connectivity index is 4.35. The molecule has 1 amide bonds. The first-order valence-electron chi connectivity index (χ1n) is 22.2. The first-order chi connectivity index (χ1) is 27.4. The molecule has 0 spiro atoms. The van der Waals surface area contributed by atoms with Crippen LogP contribution >= 0.6 is 7.82 Å². The van der Waals surface area contributed by atoms with E-state index in [2.05, 4.69) is 92.1 Å². The summed E-state index contributed by atoms with van der Waals surface area (Å²) in [4.78, 5) is 22.7. The molecule has 0 rings (SSSR count). The zero-order chi connectivity index (χ0) is 41.1. The van der Waals surface area contributed by atoms with Crippen LogP contribution in [0.15, 0.2) is 85.1 Å². The van der Waals surface area contributed by atoms with Crippen LogP contribution in [0.25, 0.3) is 0 Å². The molecule has 3 atom stereocenters. The van der Waals surface area contributed by atoms with Crippen LogP contribution in [-0.2, 0) is 18.4 Å². The van der Waals surface area contributed by atoms with Gasteiger partial charge in [0.1, 0.15) is 0 Å². The molecule has 0 aromatic carbocycles. The summed E-state index contributed by atoms with van der Waals surface area (Å²) in [5.41, 5.74) is 5.37. The van der Waals surface area contributed by atoms with Crippen molar-refractivity contribution < 1.29 is 28.4 Å². The maximum absolute atomic E-state index is 12.8. The minimum absolute atomic E-state index is 0.0638. The molecule has 322 valence electrons. The maximum atomic E-state index is 12.8. The average Bonchev–Trinajstić information content (AvgIpc) is 3.19. The molecule has 0 aliphatic heterocycles. The third-order valence-corrected chi connectivity index (χ3v) is 10.2. The maximum Gasteiger partial charge on any atom is 0.472 e. The first kappa shape index (κ1) is 53.7. The van der Waals surface area contributed by atoms with Gasteiger partial charge >= 0.3 is 7.82 Å². The van der Waals surface area contributed by atoms with Crippen LogP contribution in [0.5, 0.6) is 0 Å². The lowest BCUT2D eigenvalue weighted by atomic mass is 10.0. The van der Waals surface area contributed by atoms with Crippen molar-refractivity contribution in [3.63, 3.8) is 0 Å². The van der Waals surface area contributed by atoms with Gasteiger partial charge in [0.15, 0.2) is 0 Å². The fourth-order valence-corrected chi connectivity index (χ4v) is 6.64. The molecule has 8 nitrogen and oxygen atoms in total. The van der Waals surface area contributed by atoms with Crippen LogP contribution in [-0.4, -0.2) is 47.8 Å². The van der Waals surface area contributed by atoms with Crippen LogP contribution in [0, 0.1) is 0 Å². The van der Waals surface area contributed by atoms with Gasteiger partial charge in [0.25, 0.3) is 0 Å². The van der Waals surface area contributed by atoms with Crippen LogP contribution < -0.4 is 11.1 Å². The van der Waals surface area contributed by atoms with E-state index >= 15 is 0 Å². The number of amides is 1. The molecule has 0 aliphatic carbocycles. The van der Waals surface area contributed by atoms with Crippen molar-refractivity contribution in [1.82, 2.24) is 5.32 Å². The zero-order valence-corrected chi connectivity index (χ0v) is 36.5. The van der Waals surface area contributed by atoms with Gasteiger partial charge in [-0.2, -0.15) is 0 Å². The Labute approximate surface area is 343 Å². The fraction of sp³-hybridized carbons (Fsp3) is 0.681. The minimum Gasteiger partial charge on any atom is -0.387 e. The second-order valence-corrected chi connectivity index (χ2v) is 16.0. The topological polar surface area (TPSA) is 131 Å². The first-order valence-corrected chi connectivity index (χ1v) is 23.7. The van der Waals surface area contributed by atoms with Gasteiger partial charge in [0, 0.05) is 13.0 Å². The molecule has 0 bridgehead atoms. The van der Waals surface area contributed by atoms with Crippen molar-refractivity contribution >= 4 is 13.7 Å². The third-order valence-electron chi connectivity index (χ3n) is 9.20. The summed E-state index contributed by atoms with van der Waals surface area (Å²) >= 11 is 0. The summed E-state index contributed by atoms with van der Waals surface area (Å²) in [5, 5.41) is 13.6. The number of hydrogen-bond donors (Lipinski definition) is 4. The van der Waals surface area contributed by atoms with Gasteiger partial charge in [-0.05, 0) is 77.0 Å². The third kappa shape index (κ3) is 39.9. The molecule has 0 saturated heterocycles. The van der Waals surface area contributed by atoms with Crippen molar-refractivity contribution in [3.8, 4) is 0 Å². The Morgan fingerprint density at radius 3 is 1.59 bits per heavy atom. The number of allylic oxidation sites excluding steroid dienone is 13. The summed E-state index contributed by atoms with van der Waals surface area (Å²) in [6.45, 7) is 3.96. The minimum atomic E-state index is -4.36. The highest BCUT2D eigenvalue weighted by Crippen LogP contribution is 2.43. The van der Waals surface area contributed by atoms with E-state index in [1.807, 2.05) is 6.08 Å². The van der Waals surface area contributed by atoms with Gasteiger partial charge in [0.05, 0.1) is 25.4 Å². The molecule has 0 saturated carbocycles. The Bertz CT molecular complexity index is 1150. The number of hydrogen-bond acceptors (Lipinski definition) is 6. The van der Waals surface area contributed by atoms with E-state index in [4.69, 9.17) is 14.8 Å². The number of phosphoric ester groups is 1. The highest BCUT2D eigenvalue weighted by Gasteiger charge is 2.26. The second kappa shape index (κ2) is 42.3. The van der Waals surface area contributed by atoms with Crippen molar-refractivity contribution in [2.24, 2.45) is 5.73 Å². The van der Waals surface area contributed by atoms with Crippen LogP contribution in [0.3, 0.4) is 0 Å². The smallest absolute Gasteiger partial charge is 0.387 e. The quantitative estimate of drug-likeness (QED) is 0.0276. The SMILES string of the molecule is CC/C=C\C/C=C\C/C=C\C/C=C\C/C=C\CCCCCC(=O)NC(COP(=O)(O)OCCN)C(O)/C=C/CC/C=C/CCCCCCCCCCCCCC. The molecule has 0 fully saturated rings. The zero-order valence-electron chi connectivity index (χ0n) is 35.6. The largest absolute Gasteiger partial charge is 0.472 e. The molecular weight excluding hydrogens is 719 g/mol. The molecule has 0 aromatic heterocycles. The summed E-state index contributed by atoms with van der Waals surface area (Å²) in [6, 6.07) is -0.900. The highest BCUT2D eigenvalue weighted by atomic mass is 31.2. The van der Waals surface area contributed by atoms with Gasteiger partial charge in [-0.1, -0.05) is 176 Å². The molecule has 0 heterocycles. The van der Waals surface area contributed by atoms with Crippen molar-refractivity contribution in [2.45, 2.75) is 187 Å². The van der Waals surface area contributed by atoms with Crippen LogP contribution in [0.2, 0.25) is 0 Å². The summed E-state index contributed by atoms with van der Waals surface area (Å²) < 4.78 is 22.1. The van der Waals surface area contributed by atoms with E-state index in [9.17, 15) is 19.4 Å². The van der Waals surface area contributed by atoms with Crippen molar-refractivity contribution in [2.75, 3.05) is 19.8 Å². The lowest BCUT2D eigenvalue weighted by Gasteiger charge is -2.23. The Morgan fingerprint density at radius 2 is 1.05 bits per heavy atom. The number of unbranched alkanes of at least 4 members (excludes halogenated alkanes) is 16. The van der Waals surface area contributed by atoms with Gasteiger partial charge in [-0.25, -0.2) is 4.57 Å². The number of nitrogens with two attached hydrogens (primary N) is 1. The van der Waals surface area contributed by atoms with E-state index in [0.717, 1.165) is 70.6 Å². The van der Waals surface area contributed by atoms with E-state index in [0.29, 0.717) is 12.8 Å². The van der Waals surface area contributed by atoms with E-state index in [1.54, 1.807) is 6.08 Å². The molecule has 9 heteroatoms. The monoisotopic (exact) mass is 803 g/mol. The Kier molecular flexibility index (Phi) is 40.5. The van der Waals surface area contributed by atoms with Gasteiger partial charge < -0.3 is 21.1 Å². The predicted octanol–water partition coefficient (Wildman–Crippen LogP) is 12.6. The fourth-order valence-electron chi connectivity index (χ4n) is 5.88.